The van der Waals surface area contributed by atoms with Crippen molar-refractivity contribution in [3.63, 3.8) is 0 Å². The van der Waals surface area contributed by atoms with E-state index in [1.165, 1.54) is 6.07 Å². The first-order valence-electron chi connectivity index (χ1n) is 10.4. The van der Waals surface area contributed by atoms with Gasteiger partial charge in [0.05, 0.1) is 17.9 Å². The molecule has 7 heteroatoms. The summed E-state index contributed by atoms with van der Waals surface area (Å²) in [7, 11) is 1.80. The fraction of sp³-hybridized carbons (Fsp3) is 0.375. The SMILES string of the molecule is C=CCCN(C)C(O)CNC(O)c1nc(/C=C/C)c(/C=C\C)n1Cc1ccccc1F. The minimum atomic E-state index is -1.14. The molecular weight excluding hydrogens is 395 g/mol. The Bertz CT molecular complexity index is 907. The molecule has 31 heavy (non-hydrogen) atoms. The number of rotatable bonds is 12. The van der Waals surface area contributed by atoms with Crippen molar-refractivity contribution in [1.29, 1.82) is 0 Å². The van der Waals surface area contributed by atoms with E-state index in [0.717, 1.165) is 12.1 Å². The molecule has 1 aromatic heterocycles. The van der Waals surface area contributed by atoms with Crippen molar-refractivity contribution in [2.45, 2.75) is 39.3 Å². The fourth-order valence-corrected chi connectivity index (χ4v) is 3.20. The Hall–Kier alpha value is -2.58. The monoisotopic (exact) mass is 428 g/mol. The molecule has 0 saturated carbocycles. The van der Waals surface area contributed by atoms with Gasteiger partial charge in [0.15, 0.2) is 12.1 Å². The van der Waals surface area contributed by atoms with Crippen LogP contribution >= 0.6 is 0 Å². The third kappa shape index (κ3) is 6.70. The van der Waals surface area contributed by atoms with Crippen LogP contribution in [0.1, 0.15) is 49.3 Å². The summed E-state index contributed by atoms with van der Waals surface area (Å²) in [5, 5.41) is 24.1. The molecule has 0 fully saturated rings. The topological polar surface area (TPSA) is 73.6 Å². The van der Waals surface area contributed by atoms with Gasteiger partial charge in [-0.1, -0.05) is 36.4 Å². The van der Waals surface area contributed by atoms with Gasteiger partial charge in [0.25, 0.3) is 0 Å². The molecule has 1 heterocycles. The molecule has 168 valence electrons. The van der Waals surface area contributed by atoms with Gasteiger partial charge in [-0.25, -0.2) is 9.37 Å². The van der Waals surface area contributed by atoms with Gasteiger partial charge in [0.1, 0.15) is 12.0 Å². The normalized spacial score (nSPS) is 14.0. The maximum Gasteiger partial charge on any atom is 0.164 e. The van der Waals surface area contributed by atoms with Crippen molar-refractivity contribution < 1.29 is 14.6 Å². The number of aliphatic hydroxyl groups excluding tert-OH is 2. The molecular formula is C24H33FN4O2. The average Bonchev–Trinajstić information content (AvgIpc) is 3.09. The summed E-state index contributed by atoms with van der Waals surface area (Å²) in [6.45, 7) is 8.47. The Morgan fingerprint density at radius 3 is 2.58 bits per heavy atom. The van der Waals surface area contributed by atoms with Crippen molar-refractivity contribution in [1.82, 2.24) is 19.8 Å². The Balaban J connectivity index is 2.33. The minimum absolute atomic E-state index is 0.138. The van der Waals surface area contributed by atoms with Crippen molar-refractivity contribution in [3.8, 4) is 0 Å². The number of likely N-dealkylation sites (N-methyl/N-ethyl adjacent to an activating group) is 1. The molecule has 3 N–H and O–H groups in total. The summed E-state index contributed by atoms with van der Waals surface area (Å²) in [5.74, 6) is 0.0354. The largest absolute Gasteiger partial charge is 0.377 e. The van der Waals surface area contributed by atoms with Gasteiger partial charge in [0, 0.05) is 18.7 Å². The van der Waals surface area contributed by atoms with Crippen LogP contribution < -0.4 is 5.32 Å². The average molecular weight is 429 g/mol. The molecule has 2 rings (SSSR count). The molecule has 2 atom stereocenters. The summed E-state index contributed by atoms with van der Waals surface area (Å²) in [5.41, 5.74) is 1.94. The number of hydrogen-bond acceptors (Lipinski definition) is 5. The van der Waals surface area contributed by atoms with Crippen LogP contribution in [0.5, 0.6) is 0 Å². The lowest BCUT2D eigenvalue weighted by atomic mass is 10.2. The number of nitrogens with zero attached hydrogens (tertiary/aromatic N) is 3. The summed E-state index contributed by atoms with van der Waals surface area (Å²) in [4.78, 5) is 6.37. The second kappa shape index (κ2) is 12.3. The quantitative estimate of drug-likeness (QED) is 0.356. The number of imidazole rings is 1. The standard InChI is InChI=1S/C24H33FN4O2/c1-5-8-15-28(4)22(30)16-26-24(31)23-27-20(11-6-2)21(12-7-3)29(23)17-18-13-9-10-14-19(18)25/h5-7,9-14,22,24,26,30-31H,1,8,15-17H2,2-4H3/b11-6+,12-7-. The zero-order chi connectivity index (χ0) is 22.8. The third-order valence-corrected chi connectivity index (χ3v) is 4.93. The molecule has 1 aromatic carbocycles. The van der Waals surface area contributed by atoms with Gasteiger partial charge in [0.2, 0.25) is 0 Å². The second-order valence-corrected chi connectivity index (χ2v) is 7.27. The van der Waals surface area contributed by atoms with Crippen molar-refractivity contribution in [3.05, 3.63) is 77.7 Å². The van der Waals surface area contributed by atoms with E-state index >= 15 is 0 Å². The number of hydrogen-bond donors (Lipinski definition) is 3. The Kier molecular flexibility index (Phi) is 9.81. The van der Waals surface area contributed by atoms with E-state index in [4.69, 9.17) is 0 Å². The molecule has 0 aliphatic carbocycles. The Morgan fingerprint density at radius 2 is 1.94 bits per heavy atom. The summed E-state index contributed by atoms with van der Waals surface area (Å²) < 4.78 is 16.1. The molecule has 0 radical (unpaired) electrons. The lowest BCUT2D eigenvalue weighted by molar-refractivity contribution is 0.00739. The minimum Gasteiger partial charge on any atom is -0.377 e. The van der Waals surface area contributed by atoms with E-state index in [-0.39, 0.29) is 18.9 Å². The van der Waals surface area contributed by atoms with Crippen LogP contribution in [0.4, 0.5) is 4.39 Å². The van der Waals surface area contributed by atoms with E-state index in [0.29, 0.717) is 23.6 Å². The van der Waals surface area contributed by atoms with E-state index in [9.17, 15) is 14.6 Å². The van der Waals surface area contributed by atoms with Gasteiger partial charge < -0.3 is 14.8 Å². The van der Waals surface area contributed by atoms with Crippen LogP contribution in [-0.2, 0) is 6.54 Å². The highest BCUT2D eigenvalue weighted by Gasteiger charge is 2.22. The lowest BCUT2D eigenvalue weighted by Crippen LogP contribution is -2.41. The van der Waals surface area contributed by atoms with Crippen LogP contribution in [0.3, 0.4) is 0 Å². The summed E-state index contributed by atoms with van der Waals surface area (Å²) in [6.07, 6.45) is 8.10. The number of halogens is 1. The maximum atomic E-state index is 14.3. The highest BCUT2D eigenvalue weighted by Crippen LogP contribution is 2.22. The van der Waals surface area contributed by atoms with Gasteiger partial charge in [-0.05, 0) is 45.5 Å². The highest BCUT2D eigenvalue weighted by molar-refractivity contribution is 5.60. The molecule has 2 aromatic rings. The maximum absolute atomic E-state index is 14.3. The first kappa shape index (κ1) is 24.7. The molecule has 6 nitrogen and oxygen atoms in total. The fourth-order valence-electron chi connectivity index (χ4n) is 3.20. The van der Waals surface area contributed by atoms with E-state index in [1.807, 2.05) is 38.2 Å². The van der Waals surface area contributed by atoms with E-state index < -0.39 is 12.5 Å². The number of nitrogens with one attached hydrogen (secondary N) is 1. The first-order valence-corrected chi connectivity index (χ1v) is 10.4. The van der Waals surface area contributed by atoms with Gasteiger partial charge in [-0.15, -0.1) is 6.58 Å². The Morgan fingerprint density at radius 1 is 1.23 bits per heavy atom. The molecule has 0 amide bonds. The second-order valence-electron chi connectivity index (χ2n) is 7.27. The number of aliphatic hydroxyl groups is 2. The number of benzene rings is 1. The predicted octanol–water partition coefficient (Wildman–Crippen LogP) is 3.54. The third-order valence-electron chi connectivity index (χ3n) is 4.93. The molecule has 0 saturated heterocycles. The highest BCUT2D eigenvalue weighted by atomic mass is 19.1. The van der Waals surface area contributed by atoms with E-state index in [2.05, 4.69) is 16.9 Å². The lowest BCUT2D eigenvalue weighted by Gasteiger charge is -2.24. The van der Waals surface area contributed by atoms with Crippen molar-refractivity contribution in [2.75, 3.05) is 20.1 Å². The zero-order valence-corrected chi connectivity index (χ0v) is 18.5. The van der Waals surface area contributed by atoms with Crippen LogP contribution in [-0.4, -0.2) is 51.0 Å². The number of allylic oxidation sites excluding steroid dienone is 2. The molecule has 0 aliphatic heterocycles. The molecule has 0 aliphatic rings. The van der Waals surface area contributed by atoms with Gasteiger partial charge >= 0.3 is 0 Å². The number of aromatic nitrogens is 2. The van der Waals surface area contributed by atoms with Crippen LogP contribution in [0.25, 0.3) is 12.2 Å². The van der Waals surface area contributed by atoms with Gasteiger partial charge in [-0.2, -0.15) is 0 Å². The van der Waals surface area contributed by atoms with Crippen LogP contribution in [0, 0.1) is 5.82 Å². The first-order chi connectivity index (χ1) is 14.9. The predicted molar refractivity (Wildman–Crippen MR) is 124 cm³/mol. The Labute approximate surface area is 184 Å². The smallest absolute Gasteiger partial charge is 0.164 e. The van der Waals surface area contributed by atoms with Gasteiger partial charge in [-0.3, -0.25) is 10.2 Å². The molecule has 0 bridgehead atoms. The van der Waals surface area contributed by atoms with Crippen LogP contribution in [0.15, 0.2) is 49.1 Å². The van der Waals surface area contributed by atoms with Crippen molar-refractivity contribution >= 4 is 12.2 Å². The van der Waals surface area contributed by atoms with E-state index in [1.54, 1.807) is 40.8 Å². The van der Waals surface area contributed by atoms with Crippen molar-refractivity contribution in [2.24, 2.45) is 0 Å². The zero-order valence-electron chi connectivity index (χ0n) is 18.5. The molecule has 2 unspecified atom stereocenters. The summed E-state index contributed by atoms with van der Waals surface area (Å²) in [6, 6.07) is 6.55. The van der Waals surface area contributed by atoms with Crippen LogP contribution in [0.2, 0.25) is 0 Å². The molecule has 0 spiro atoms. The summed E-state index contributed by atoms with van der Waals surface area (Å²) >= 11 is 0.